The van der Waals surface area contributed by atoms with Crippen LogP contribution in [0.1, 0.15) is 23.8 Å². The molecule has 0 saturated carbocycles. The highest BCUT2D eigenvalue weighted by Crippen LogP contribution is 2.41. The monoisotopic (exact) mass is 345 g/mol. The first kappa shape index (κ1) is 14.7. The molecule has 118 valence electrons. The minimum atomic E-state index is 0.215. The van der Waals surface area contributed by atoms with Crippen molar-refractivity contribution in [2.24, 2.45) is 5.92 Å². The van der Waals surface area contributed by atoms with Gasteiger partial charge in [0, 0.05) is 16.6 Å². The van der Waals surface area contributed by atoms with Crippen molar-refractivity contribution < 1.29 is 5.11 Å². The number of nitrogens with zero attached hydrogens (tertiary/aromatic N) is 2. The van der Waals surface area contributed by atoms with Gasteiger partial charge < -0.3 is 10.4 Å². The van der Waals surface area contributed by atoms with Gasteiger partial charge in [0.15, 0.2) is 0 Å². The van der Waals surface area contributed by atoms with Crippen LogP contribution in [-0.4, -0.2) is 15.1 Å². The SMILES string of the molecule is CC1CCc2c(sc3nc(Cl)nc(Nc4cccc(O)c4)c23)C1. The summed E-state index contributed by atoms with van der Waals surface area (Å²) in [6, 6.07) is 7.00. The number of nitrogens with one attached hydrogen (secondary N) is 1. The molecule has 2 heterocycles. The normalized spacial score (nSPS) is 17.2. The number of phenols is 1. The average Bonchev–Trinajstić information content (AvgIpc) is 2.84. The van der Waals surface area contributed by atoms with E-state index in [1.807, 2.05) is 6.07 Å². The van der Waals surface area contributed by atoms with Gasteiger partial charge in [0.1, 0.15) is 16.4 Å². The molecule has 1 aromatic carbocycles. The molecular weight excluding hydrogens is 330 g/mol. The first-order valence-electron chi connectivity index (χ1n) is 7.64. The summed E-state index contributed by atoms with van der Waals surface area (Å²) in [6.45, 7) is 2.29. The zero-order valence-electron chi connectivity index (χ0n) is 12.6. The topological polar surface area (TPSA) is 58.0 Å². The third-order valence-electron chi connectivity index (χ3n) is 4.24. The fraction of sp³-hybridized carbons (Fsp3) is 0.294. The molecular formula is C17H16ClN3OS. The smallest absolute Gasteiger partial charge is 0.225 e. The van der Waals surface area contributed by atoms with Crippen LogP contribution in [0.25, 0.3) is 10.2 Å². The molecule has 6 heteroatoms. The fourth-order valence-corrected chi connectivity index (χ4v) is 4.73. The Morgan fingerprint density at radius 2 is 2.22 bits per heavy atom. The molecule has 0 bridgehead atoms. The van der Waals surface area contributed by atoms with Crippen LogP contribution >= 0.6 is 22.9 Å². The molecule has 0 saturated heterocycles. The van der Waals surface area contributed by atoms with E-state index in [4.69, 9.17) is 11.6 Å². The van der Waals surface area contributed by atoms with E-state index in [0.717, 1.165) is 34.6 Å². The number of hydrogen-bond acceptors (Lipinski definition) is 5. The van der Waals surface area contributed by atoms with Crippen molar-refractivity contribution in [3.8, 4) is 5.75 Å². The summed E-state index contributed by atoms with van der Waals surface area (Å²) < 4.78 is 0. The highest BCUT2D eigenvalue weighted by atomic mass is 35.5. The van der Waals surface area contributed by atoms with Gasteiger partial charge in [-0.2, -0.15) is 4.98 Å². The van der Waals surface area contributed by atoms with Crippen LogP contribution in [0.15, 0.2) is 24.3 Å². The minimum absolute atomic E-state index is 0.215. The lowest BCUT2D eigenvalue weighted by molar-refractivity contribution is 0.475. The lowest BCUT2D eigenvalue weighted by Crippen LogP contribution is -2.09. The van der Waals surface area contributed by atoms with Gasteiger partial charge in [-0.05, 0) is 54.5 Å². The van der Waals surface area contributed by atoms with Crippen molar-refractivity contribution in [1.82, 2.24) is 9.97 Å². The summed E-state index contributed by atoms with van der Waals surface area (Å²) in [4.78, 5) is 11.1. The van der Waals surface area contributed by atoms with E-state index >= 15 is 0 Å². The van der Waals surface area contributed by atoms with E-state index in [1.54, 1.807) is 29.5 Å². The van der Waals surface area contributed by atoms with E-state index in [1.165, 1.54) is 16.9 Å². The first-order chi connectivity index (χ1) is 11.1. The number of hydrogen-bond donors (Lipinski definition) is 2. The van der Waals surface area contributed by atoms with Crippen molar-refractivity contribution in [2.75, 3.05) is 5.32 Å². The Balaban J connectivity index is 1.85. The Hall–Kier alpha value is -1.85. The van der Waals surface area contributed by atoms with E-state index < -0.39 is 0 Å². The predicted molar refractivity (Wildman–Crippen MR) is 95.0 cm³/mol. The van der Waals surface area contributed by atoms with Crippen LogP contribution in [-0.2, 0) is 12.8 Å². The molecule has 0 amide bonds. The Bertz CT molecular complexity index is 893. The van der Waals surface area contributed by atoms with Crippen molar-refractivity contribution in [3.05, 3.63) is 40.0 Å². The predicted octanol–water partition coefficient (Wildman–Crippen LogP) is 4.92. The van der Waals surface area contributed by atoms with Crippen LogP contribution in [0, 0.1) is 5.92 Å². The van der Waals surface area contributed by atoms with Gasteiger partial charge >= 0.3 is 0 Å². The second-order valence-corrected chi connectivity index (χ2v) is 7.47. The molecule has 23 heavy (non-hydrogen) atoms. The summed E-state index contributed by atoms with van der Waals surface area (Å²) in [7, 11) is 0. The number of thiophene rings is 1. The van der Waals surface area contributed by atoms with E-state index in [-0.39, 0.29) is 11.0 Å². The van der Waals surface area contributed by atoms with Crippen LogP contribution in [0.2, 0.25) is 5.28 Å². The van der Waals surface area contributed by atoms with E-state index in [9.17, 15) is 5.11 Å². The molecule has 1 atom stereocenters. The van der Waals surface area contributed by atoms with Gasteiger partial charge in [-0.25, -0.2) is 4.98 Å². The number of halogens is 1. The molecule has 1 aliphatic rings. The lowest BCUT2D eigenvalue weighted by atomic mass is 9.89. The summed E-state index contributed by atoms with van der Waals surface area (Å²) in [5.74, 6) is 1.65. The van der Waals surface area contributed by atoms with Gasteiger partial charge in [-0.15, -0.1) is 11.3 Å². The van der Waals surface area contributed by atoms with E-state index in [0.29, 0.717) is 5.92 Å². The molecule has 1 aliphatic carbocycles. The Morgan fingerprint density at radius 3 is 3.04 bits per heavy atom. The number of aromatic nitrogens is 2. The number of phenolic OH excluding ortho intramolecular Hbond substituents is 1. The van der Waals surface area contributed by atoms with Gasteiger partial charge in [0.2, 0.25) is 5.28 Å². The third kappa shape index (κ3) is 2.75. The standard InChI is InChI=1S/C17H16ClN3OS/c1-9-5-6-12-13(7-9)23-16-14(12)15(20-17(18)21-16)19-10-3-2-4-11(22)8-10/h2-4,8-9,22H,5-7H2,1H3,(H,19,20,21). The van der Waals surface area contributed by atoms with Crippen molar-refractivity contribution in [1.29, 1.82) is 0 Å². The summed E-state index contributed by atoms with van der Waals surface area (Å²) >= 11 is 7.83. The highest BCUT2D eigenvalue weighted by molar-refractivity contribution is 7.19. The summed E-state index contributed by atoms with van der Waals surface area (Å²) in [5.41, 5.74) is 2.13. The maximum absolute atomic E-state index is 9.64. The van der Waals surface area contributed by atoms with Gasteiger partial charge in [-0.3, -0.25) is 0 Å². The Morgan fingerprint density at radius 1 is 1.35 bits per heavy atom. The van der Waals surface area contributed by atoms with Gasteiger partial charge in [0.25, 0.3) is 0 Å². The largest absolute Gasteiger partial charge is 0.508 e. The molecule has 3 aromatic rings. The molecule has 0 fully saturated rings. The second-order valence-electron chi connectivity index (χ2n) is 6.05. The highest BCUT2D eigenvalue weighted by Gasteiger charge is 2.23. The maximum Gasteiger partial charge on any atom is 0.225 e. The number of anilines is 2. The average molecular weight is 346 g/mol. The molecule has 4 rings (SSSR count). The lowest BCUT2D eigenvalue weighted by Gasteiger charge is -2.18. The minimum Gasteiger partial charge on any atom is -0.508 e. The Kier molecular flexibility index (Phi) is 3.62. The molecule has 0 aliphatic heterocycles. The number of aromatic hydroxyl groups is 1. The van der Waals surface area contributed by atoms with E-state index in [2.05, 4.69) is 22.2 Å². The van der Waals surface area contributed by atoms with Crippen LogP contribution < -0.4 is 5.32 Å². The number of rotatable bonds is 2. The maximum atomic E-state index is 9.64. The van der Waals surface area contributed by atoms with Gasteiger partial charge in [0.05, 0.1) is 5.39 Å². The molecule has 4 nitrogen and oxygen atoms in total. The summed E-state index contributed by atoms with van der Waals surface area (Å²) in [5, 5.41) is 14.2. The molecule has 2 aromatic heterocycles. The number of benzene rings is 1. The third-order valence-corrected chi connectivity index (χ3v) is 5.55. The zero-order chi connectivity index (χ0) is 16.0. The molecule has 0 radical (unpaired) electrons. The van der Waals surface area contributed by atoms with Crippen LogP contribution in [0.3, 0.4) is 0 Å². The second kappa shape index (κ2) is 5.65. The number of fused-ring (bicyclic) bond motifs is 3. The quantitative estimate of drug-likeness (QED) is 0.647. The van der Waals surface area contributed by atoms with Gasteiger partial charge in [-0.1, -0.05) is 13.0 Å². The first-order valence-corrected chi connectivity index (χ1v) is 8.83. The zero-order valence-corrected chi connectivity index (χ0v) is 14.2. The van der Waals surface area contributed by atoms with Crippen LogP contribution in [0.4, 0.5) is 11.5 Å². The van der Waals surface area contributed by atoms with Crippen LogP contribution in [0.5, 0.6) is 5.75 Å². The van der Waals surface area contributed by atoms with Crippen molar-refractivity contribution >= 4 is 44.7 Å². The Labute approximate surface area is 143 Å². The summed E-state index contributed by atoms with van der Waals surface area (Å²) in [6.07, 6.45) is 3.34. The molecule has 0 spiro atoms. The fourth-order valence-electron chi connectivity index (χ4n) is 3.13. The van der Waals surface area contributed by atoms with Crippen molar-refractivity contribution in [3.63, 3.8) is 0 Å². The van der Waals surface area contributed by atoms with Crippen molar-refractivity contribution in [2.45, 2.75) is 26.2 Å². The molecule has 2 N–H and O–H groups in total. The number of aryl methyl sites for hydroxylation is 1. The molecule has 1 unspecified atom stereocenters.